The summed E-state index contributed by atoms with van der Waals surface area (Å²) in [4.78, 5) is 16.6. The van der Waals surface area contributed by atoms with Crippen molar-refractivity contribution in [1.29, 1.82) is 0 Å². The van der Waals surface area contributed by atoms with Crippen LogP contribution in [0.15, 0.2) is 24.5 Å². The molecule has 4 saturated carbocycles. The van der Waals surface area contributed by atoms with Crippen molar-refractivity contribution in [2.45, 2.75) is 55.8 Å². The minimum absolute atomic E-state index is 0.210. The van der Waals surface area contributed by atoms with E-state index in [0.29, 0.717) is 17.3 Å². The lowest BCUT2D eigenvalue weighted by Crippen LogP contribution is -2.54. The Morgan fingerprint density at radius 1 is 1.32 bits per heavy atom. The number of alkyl halides is 1. The van der Waals surface area contributed by atoms with Gasteiger partial charge in [0, 0.05) is 29.7 Å². The Morgan fingerprint density at radius 2 is 2.09 bits per heavy atom. The molecular weight excluding hydrogens is 340 g/mol. The van der Waals surface area contributed by atoms with E-state index in [1.807, 2.05) is 18.3 Å². The van der Waals surface area contributed by atoms with Crippen LogP contribution in [0.5, 0.6) is 0 Å². The molecule has 1 aromatic rings. The SMILES string of the molecule is O=C(CC12CC3CC(CC(Br)(C3)C1)C2)NCc1cccnc1. The average Bonchev–Trinajstić information content (AvgIpc) is 2.43. The third-order valence-electron chi connectivity index (χ3n) is 5.86. The predicted molar refractivity (Wildman–Crippen MR) is 89.5 cm³/mol. The predicted octanol–water partition coefficient (Wildman–Crippen LogP) is 3.82. The summed E-state index contributed by atoms with van der Waals surface area (Å²) in [7, 11) is 0. The smallest absolute Gasteiger partial charge is 0.220 e. The van der Waals surface area contributed by atoms with E-state index in [1.54, 1.807) is 6.20 Å². The van der Waals surface area contributed by atoms with Crippen molar-refractivity contribution < 1.29 is 4.79 Å². The summed E-state index contributed by atoms with van der Waals surface area (Å²) >= 11 is 4.02. The van der Waals surface area contributed by atoms with Gasteiger partial charge in [-0.2, -0.15) is 0 Å². The largest absolute Gasteiger partial charge is 0.352 e. The van der Waals surface area contributed by atoms with E-state index in [0.717, 1.165) is 17.4 Å². The molecule has 1 N–H and O–H groups in total. The third kappa shape index (κ3) is 2.82. The van der Waals surface area contributed by atoms with Crippen molar-refractivity contribution >= 4 is 21.8 Å². The van der Waals surface area contributed by atoms with Crippen molar-refractivity contribution in [3.8, 4) is 0 Å². The highest BCUT2D eigenvalue weighted by Gasteiger charge is 2.57. The molecule has 22 heavy (non-hydrogen) atoms. The van der Waals surface area contributed by atoms with E-state index < -0.39 is 0 Å². The monoisotopic (exact) mass is 362 g/mol. The number of halogens is 1. The van der Waals surface area contributed by atoms with Crippen LogP contribution < -0.4 is 5.32 Å². The Labute approximate surface area is 140 Å². The zero-order valence-corrected chi connectivity index (χ0v) is 14.4. The van der Waals surface area contributed by atoms with Gasteiger partial charge in [0.25, 0.3) is 0 Å². The standard InChI is InChI=1S/C18H23BrN2O/c19-18-7-14-4-15(8-18)6-17(5-14,12-18)9-16(22)21-11-13-2-1-3-20-10-13/h1-3,10,14-15H,4-9,11-12H2,(H,21,22). The molecule has 4 heteroatoms. The van der Waals surface area contributed by atoms with Crippen molar-refractivity contribution in [2.75, 3.05) is 0 Å². The van der Waals surface area contributed by atoms with E-state index in [4.69, 9.17) is 0 Å². The molecule has 0 radical (unpaired) electrons. The highest BCUT2D eigenvalue weighted by atomic mass is 79.9. The molecule has 1 heterocycles. The van der Waals surface area contributed by atoms with Crippen LogP contribution in [0.2, 0.25) is 0 Å². The van der Waals surface area contributed by atoms with Crippen LogP contribution in [0.4, 0.5) is 0 Å². The normalized spacial score (nSPS) is 39.0. The summed E-state index contributed by atoms with van der Waals surface area (Å²) in [6, 6.07) is 3.92. The van der Waals surface area contributed by atoms with Gasteiger partial charge in [0.15, 0.2) is 0 Å². The molecule has 4 aliphatic rings. The summed E-state index contributed by atoms with van der Waals surface area (Å²) < 4.78 is 0.334. The highest BCUT2D eigenvalue weighted by Crippen LogP contribution is 2.65. The summed E-state index contributed by atoms with van der Waals surface area (Å²) in [6.45, 7) is 0.592. The fourth-order valence-corrected chi connectivity index (χ4v) is 7.16. The fraction of sp³-hybridized carbons (Fsp3) is 0.667. The molecule has 4 bridgehead atoms. The number of nitrogens with one attached hydrogen (secondary N) is 1. The fourth-order valence-electron chi connectivity index (χ4n) is 5.65. The molecule has 118 valence electrons. The Balaban J connectivity index is 1.39. The van der Waals surface area contributed by atoms with E-state index >= 15 is 0 Å². The first-order valence-corrected chi connectivity index (χ1v) is 9.18. The summed E-state index contributed by atoms with van der Waals surface area (Å²) in [5.41, 5.74) is 1.32. The molecule has 5 rings (SSSR count). The van der Waals surface area contributed by atoms with Crippen molar-refractivity contribution in [3.63, 3.8) is 0 Å². The van der Waals surface area contributed by atoms with Crippen LogP contribution in [-0.2, 0) is 11.3 Å². The highest BCUT2D eigenvalue weighted by molar-refractivity contribution is 9.10. The first-order chi connectivity index (χ1) is 10.5. The third-order valence-corrected chi connectivity index (χ3v) is 6.79. The van der Waals surface area contributed by atoms with Gasteiger partial charge in [-0.1, -0.05) is 22.0 Å². The Hall–Kier alpha value is -0.900. The number of carbonyl (C=O) groups excluding carboxylic acids is 1. The van der Waals surface area contributed by atoms with Crippen molar-refractivity contribution in [1.82, 2.24) is 10.3 Å². The number of amides is 1. The van der Waals surface area contributed by atoms with E-state index in [-0.39, 0.29) is 11.3 Å². The maximum atomic E-state index is 12.5. The molecular formula is C18H23BrN2O. The van der Waals surface area contributed by atoms with Gasteiger partial charge >= 0.3 is 0 Å². The summed E-state index contributed by atoms with van der Waals surface area (Å²) in [6.07, 6.45) is 12.0. The van der Waals surface area contributed by atoms with Crippen molar-refractivity contribution in [2.24, 2.45) is 17.3 Å². The van der Waals surface area contributed by atoms with Gasteiger partial charge in [0.2, 0.25) is 5.91 Å². The lowest BCUT2D eigenvalue weighted by molar-refractivity contribution is -0.128. The average molecular weight is 363 g/mol. The number of pyridine rings is 1. The van der Waals surface area contributed by atoms with Crippen LogP contribution in [0, 0.1) is 17.3 Å². The Morgan fingerprint density at radius 3 is 2.73 bits per heavy atom. The molecule has 1 aromatic heterocycles. The van der Waals surface area contributed by atoms with Crippen LogP contribution in [0.3, 0.4) is 0 Å². The van der Waals surface area contributed by atoms with E-state index in [2.05, 4.69) is 26.2 Å². The van der Waals surface area contributed by atoms with E-state index in [1.165, 1.54) is 38.5 Å². The summed E-state index contributed by atoms with van der Waals surface area (Å²) in [5, 5.41) is 3.09. The molecule has 0 saturated heterocycles. The van der Waals surface area contributed by atoms with Gasteiger partial charge in [-0.25, -0.2) is 0 Å². The second-order valence-corrected chi connectivity index (χ2v) is 9.61. The zero-order valence-electron chi connectivity index (χ0n) is 12.9. The maximum absolute atomic E-state index is 12.5. The molecule has 0 spiro atoms. The lowest BCUT2D eigenvalue weighted by Gasteiger charge is -2.60. The Kier molecular flexibility index (Phi) is 3.55. The molecule has 2 atom stereocenters. The van der Waals surface area contributed by atoms with Gasteiger partial charge in [-0.15, -0.1) is 0 Å². The van der Waals surface area contributed by atoms with Crippen LogP contribution in [-0.4, -0.2) is 15.2 Å². The topological polar surface area (TPSA) is 42.0 Å². The first-order valence-electron chi connectivity index (χ1n) is 8.39. The van der Waals surface area contributed by atoms with Crippen LogP contribution in [0.25, 0.3) is 0 Å². The minimum atomic E-state index is 0.210. The molecule has 3 nitrogen and oxygen atoms in total. The van der Waals surface area contributed by atoms with Gasteiger partial charge in [0.1, 0.15) is 0 Å². The van der Waals surface area contributed by atoms with Gasteiger partial charge in [-0.3, -0.25) is 9.78 Å². The van der Waals surface area contributed by atoms with E-state index in [9.17, 15) is 4.79 Å². The second-order valence-electron chi connectivity index (χ2n) is 7.93. The molecule has 4 fully saturated rings. The minimum Gasteiger partial charge on any atom is -0.352 e. The molecule has 1 amide bonds. The number of rotatable bonds is 4. The first kappa shape index (κ1) is 14.7. The zero-order chi connectivity index (χ0) is 15.2. The number of aromatic nitrogens is 1. The van der Waals surface area contributed by atoms with Crippen molar-refractivity contribution in [3.05, 3.63) is 30.1 Å². The quantitative estimate of drug-likeness (QED) is 0.827. The number of hydrogen-bond acceptors (Lipinski definition) is 2. The molecule has 0 aromatic carbocycles. The number of hydrogen-bond donors (Lipinski definition) is 1. The number of nitrogens with zero attached hydrogens (tertiary/aromatic N) is 1. The van der Waals surface area contributed by atoms with Crippen LogP contribution in [0.1, 0.15) is 50.5 Å². The van der Waals surface area contributed by atoms with Gasteiger partial charge in [0.05, 0.1) is 0 Å². The molecule has 0 aliphatic heterocycles. The lowest BCUT2D eigenvalue weighted by atomic mass is 9.48. The Bertz CT molecular complexity index is 560. The summed E-state index contributed by atoms with van der Waals surface area (Å²) in [5.74, 6) is 1.89. The molecule has 4 aliphatic carbocycles. The van der Waals surface area contributed by atoms with Gasteiger partial charge in [-0.05, 0) is 67.4 Å². The van der Waals surface area contributed by atoms with Gasteiger partial charge < -0.3 is 5.32 Å². The second kappa shape index (κ2) is 5.33. The maximum Gasteiger partial charge on any atom is 0.220 e. The number of carbonyl (C=O) groups is 1. The van der Waals surface area contributed by atoms with Crippen LogP contribution >= 0.6 is 15.9 Å². The molecule has 2 unspecified atom stereocenters.